The molecule has 208 valence electrons. The van der Waals surface area contributed by atoms with Crippen LogP contribution in [0.4, 0.5) is 27.9 Å². The number of anilines is 4. The van der Waals surface area contributed by atoms with Crippen molar-refractivity contribution >= 4 is 29.2 Å². The van der Waals surface area contributed by atoms with Gasteiger partial charge in [-0.3, -0.25) is 0 Å². The summed E-state index contributed by atoms with van der Waals surface area (Å²) in [5.41, 5.74) is 3.26. The highest BCUT2D eigenvalue weighted by atomic mass is 16.6. The van der Waals surface area contributed by atoms with Crippen LogP contribution in [0.5, 0.6) is 17.2 Å². The molecule has 0 saturated carbocycles. The molecule has 1 N–H and O–H groups in total. The fourth-order valence-corrected chi connectivity index (χ4v) is 4.05. The van der Waals surface area contributed by atoms with Gasteiger partial charge in [0.05, 0.1) is 12.3 Å². The second-order valence-electron chi connectivity index (χ2n) is 9.36. The van der Waals surface area contributed by atoms with Crippen LogP contribution < -0.4 is 24.4 Å². The van der Waals surface area contributed by atoms with Gasteiger partial charge in [0.2, 0.25) is 5.95 Å². The lowest BCUT2D eigenvalue weighted by Gasteiger charge is -2.25. The summed E-state index contributed by atoms with van der Waals surface area (Å²) in [5, 5.41) is 3.21. The molecule has 1 aromatic heterocycles. The second kappa shape index (κ2) is 13.4. The SMILES string of the molecule is CCOc1ccccc1OC(=O)N(c1ccnc(Nc2ccc(OCCN(C)C)cc2)n1)c1c(C)cccc1C. The van der Waals surface area contributed by atoms with Crippen LogP contribution in [0.15, 0.2) is 79.0 Å². The molecule has 4 aromatic rings. The van der Waals surface area contributed by atoms with Gasteiger partial charge in [-0.1, -0.05) is 30.3 Å². The number of aryl methyl sites for hydroxylation is 2. The van der Waals surface area contributed by atoms with E-state index in [1.54, 1.807) is 30.5 Å². The maximum Gasteiger partial charge on any atom is 0.425 e. The number of benzene rings is 3. The minimum atomic E-state index is -0.617. The van der Waals surface area contributed by atoms with Gasteiger partial charge in [-0.25, -0.2) is 14.7 Å². The molecule has 0 bridgehead atoms. The summed E-state index contributed by atoms with van der Waals surface area (Å²) in [7, 11) is 4.01. The van der Waals surface area contributed by atoms with E-state index in [0.717, 1.165) is 29.1 Å². The number of hydrogen-bond donors (Lipinski definition) is 1. The molecule has 0 aliphatic rings. The first-order valence-electron chi connectivity index (χ1n) is 13.1. The van der Waals surface area contributed by atoms with Gasteiger partial charge >= 0.3 is 6.09 Å². The van der Waals surface area contributed by atoms with E-state index >= 15 is 0 Å². The number of amides is 1. The van der Waals surface area contributed by atoms with Crippen molar-refractivity contribution in [3.8, 4) is 17.2 Å². The molecule has 9 nitrogen and oxygen atoms in total. The van der Waals surface area contributed by atoms with Gasteiger partial charge in [-0.05, 0) is 82.4 Å². The van der Waals surface area contributed by atoms with Gasteiger partial charge in [-0.15, -0.1) is 0 Å². The van der Waals surface area contributed by atoms with Crippen LogP contribution in [0.1, 0.15) is 18.1 Å². The number of para-hydroxylation sites is 3. The first-order valence-corrected chi connectivity index (χ1v) is 13.1. The van der Waals surface area contributed by atoms with E-state index in [0.29, 0.717) is 42.2 Å². The Morgan fingerprint density at radius 2 is 1.57 bits per heavy atom. The first kappa shape index (κ1) is 28.4. The highest BCUT2D eigenvalue weighted by Crippen LogP contribution is 2.34. The summed E-state index contributed by atoms with van der Waals surface area (Å²) in [4.78, 5) is 26.3. The van der Waals surface area contributed by atoms with Crippen LogP contribution in [0, 0.1) is 13.8 Å². The topological polar surface area (TPSA) is 89.0 Å². The van der Waals surface area contributed by atoms with Gasteiger partial charge in [0.15, 0.2) is 11.5 Å². The van der Waals surface area contributed by atoms with Crippen molar-refractivity contribution in [1.29, 1.82) is 0 Å². The third kappa shape index (κ3) is 7.27. The van der Waals surface area contributed by atoms with E-state index in [9.17, 15) is 4.79 Å². The van der Waals surface area contributed by atoms with Crippen molar-refractivity contribution in [1.82, 2.24) is 14.9 Å². The van der Waals surface area contributed by atoms with Crippen LogP contribution in [-0.4, -0.2) is 54.8 Å². The van der Waals surface area contributed by atoms with E-state index in [2.05, 4.69) is 20.2 Å². The van der Waals surface area contributed by atoms with Crippen LogP contribution in [-0.2, 0) is 0 Å². The van der Waals surface area contributed by atoms with E-state index in [-0.39, 0.29) is 0 Å². The molecule has 3 aromatic carbocycles. The molecule has 40 heavy (non-hydrogen) atoms. The fraction of sp³-hybridized carbons (Fsp3) is 0.258. The standard InChI is InChI=1S/C31H35N5O4/c1-6-38-26-12-7-8-13-27(26)40-31(37)36(29-22(2)10-9-11-23(29)3)28-18-19-32-30(34-28)33-24-14-16-25(17-15-24)39-21-20-35(4)5/h7-19H,6,20-21H2,1-5H3,(H,32,33,34). The second-order valence-corrected chi connectivity index (χ2v) is 9.36. The van der Waals surface area contributed by atoms with Crippen LogP contribution >= 0.6 is 0 Å². The Morgan fingerprint density at radius 3 is 2.25 bits per heavy atom. The van der Waals surface area contributed by atoms with E-state index in [1.165, 1.54) is 4.90 Å². The number of nitrogens with zero attached hydrogens (tertiary/aromatic N) is 4. The van der Waals surface area contributed by atoms with Crippen molar-refractivity contribution in [2.75, 3.05) is 44.1 Å². The summed E-state index contributed by atoms with van der Waals surface area (Å²) in [6.07, 6.45) is 0.985. The average Bonchev–Trinajstić information content (AvgIpc) is 2.93. The zero-order valence-corrected chi connectivity index (χ0v) is 23.5. The van der Waals surface area contributed by atoms with E-state index < -0.39 is 6.09 Å². The van der Waals surface area contributed by atoms with Gasteiger partial charge in [0.1, 0.15) is 18.2 Å². The number of likely N-dealkylation sites (N-methyl/N-ethyl adjacent to an activating group) is 1. The van der Waals surface area contributed by atoms with Crippen molar-refractivity contribution in [2.45, 2.75) is 20.8 Å². The lowest BCUT2D eigenvalue weighted by atomic mass is 10.1. The number of carbonyl (C=O) groups excluding carboxylic acids is 1. The summed E-state index contributed by atoms with van der Waals surface area (Å²) < 4.78 is 17.3. The predicted molar refractivity (Wildman–Crippen MR) is 157 cm³/mol. The van der Waals surface area contributed by atoms with Gasteiger partial charge in [0.25, 0.3) is 0 Å². The fourth-order valence-electron chi connectivity index (χ4n) is 4.05. The van der Waals surface area contributed by atoms with Crippen LogP contribution in [0.3, 0.4) is 0 Å². The number of hydrogen-bond acceptors (Lipinski definition) is 8. The monoisotopic (exact) mass is 541 g/mol. The zero-order chi connectivity index (χ0) is 28.5. The molecule has 1 amide bonds. The van der Waals surface area contributed by atoms with Crippen molar-refractivity contribution < 1.29 is 19.0 Å². The number of carbonyl (C=O) groups is 1. The predicted octanol–water partition coefficient (Wildman–Crippen LogP) is 6.51. The lowest BCUT2D eigenvalue weighted by Crippen LogP contribution is -2.31. The summed E-state index contributed by atoms with van der Waals surface area (Å²) >= 11 is 0. The lowest BCUT2D eigenvalue weighted by molar-refractivity contribution is 0.207. The van der Waals surface area contributed by atoms with Gasteiger partial charge in [-0.2, -0.15) is 4.98 Å². The number of rotatable bonds is 11. The van der Waals surface area contributed by atoms with Crippen LogP contribution in [0.2, 0.25) is 0 Å². The van der Waals surface area contributed by atoms with E-state index in [1.807, 2.05) is 83.4 Å². The zero-order valence-electron chi connectivity index (χ0n) is 23.5. The molecule has 9 heteroatoms. The molecule has 0 radical (unpaired) electrons. The highest BCUT2D eigenvalue weighted by molar-refractivity contribution is 5.98. The molecule has 0 spiro atoms. The quantitative estimate of drug-likeness (QED) is 0.230. The van der Waals surface area contributed by atoms with Gasteiger partial charge < -0.3 is 24.4 Å². The Bertz CT molecular complexity index is 1410. The first-order chi connectivity index (χ1) is 19.4. The normalized spacial score (nSPS) is 10.8. The Hall–Kier alpha value is -4.63. The third-order valence-electron chi connectivity index (χ3n) is 5.98. The molecule has 0 saturated heterocycles. The number of ether oxygens (including phenoxy) is 3. The molecular formula is C31H35N5O4. The molecule has 0 unspecified atom stereocenters. The number of nitrogens with one attached hydrogen (secondary N) is 1. The summed E-state index contributed by atoms with van der Waals surface area (Å²) in [6, 6.07) is 22.2. The third-order valence-corrected chi connectivity index (χ3v) is 5.98. The Kier molecular flexibility index (Phi) is 9.53. The molecule has 1 heterocycles. The van der Waals surface area contributed by atoms with Crippen molar-refractivity contribution in [3.63, 3.8) is 0 Å². The highest BCUT2D eigenvalue weighted by Gasteiger charge is 2.26. The maximum absolute atomic E-state index is 13.8. The largest absolute Gasteiger partial charge is 0.492 e. The molecule has 0 aliphatic carbocycles. The molecule has 0 fully saturated rings. The minimum Gasteiger partial charge on any atom is -0.492 e. The van der Waals surface area contributed by atoms with Crippen LogP contribution in [0.25, 0.3) is 0 Å². The molecular weight excluding hydrogens is 506 g/mol. The maximum atomic E-state index is 13.8. The molecule has 4 rings (SSSR count). The van der Waals surface area contributed by atoms with Crippen molar-refractivity contribution in [3.05, 3.63) is 90.1 Å². The Labute approximate surface area is 235 Å². The van der Waals surface area contributed by atoms with Gasteiger partial charge in [0, 0.05) is 24.5 Å². The Balaban J connectivity index is 1.61. The average molecular weight is 542 g/mol. The molecule has 0 atom stereocenters. The molecule has 0 aliphatic heterocycles. The van der Waals surface area contributed by atoms with E-state index in [4.69, 9.17) is 14.2 Å². The summed E-state index contributed by atoms with van der Waals surface area (Å²) in [5.74, 6) is 2.28. The smallest absolute Gasteiger partial charge is 0.425 e. The minimum absolute atomic E-state index is 0.325. The summed E-state index contributed by atoms with van der Waals surface area (Å²) in [6.45, 7) is 7.64. The van der Waals surface area contributed by atoms with Crippen molar-refractivity contribution in [2.24, 2.45) is 0 Å². The Morgan fingerprint density at radius 1 is 0.875 bits per heavy atom. The number of aromatic nitrogens is 2.